The van der Waals surface area contributed by atoms with Crippen molar-refractivity contribution in [2.75, 3.05) is 53.0 Å². The van der Waals surface area contributed by atoms with Crippen LogP contribution in [0.5, 0.6) is 0 Å². The van der Waals surface area contributed by atoms with Crippen LogP contribution < -0.4 is 5.32 Å². The fourth-order valence-corrected chi connectivity index (χ4v) is 3.86. The predicted molar refractivity (Wildman–Crippen MR) is 124 cm³/mol. The highest BCUT2D eigenvalue weighted by Gasteiger charge is 2.41. The first-order valence-electron chi connectivity index (χ1n) is 10.2. The molecule has 2 atom stereocenters. The Labute approximate surface area is 186 Å². The van der Waals surface area contributed by atoms with Crippen LogP contribution in [0.25, 0.3) is 0 Å². The Morgan fingerprint density at radius 1 is 1.25 bits per heavy atom. The monoisotopic (exact) mass is 502 g/mol. The Morgan fingerprint density at radius 3 is 2.82 bits per heavy atom. The van der Waals surface area contributed by atoms with E-state index in [0.717, 1.165) is 64.9 Å². The number of nitrogens with one attached hydrogen (secondary N) is 1. The number of halogens is 1. The molecule has 3 rings (SSSR count). The zero-order valence-corrected chi connectivity index (χ0v) is 19.5. The van der Waals surface area contributed by atoms with E-state index in [2.05, 4.69) is 57.4 Å². The number of guanidine groups is 1. The molecule has 1 aromatic carbocycles. The molecule has 28 heavy (non-hydrogen) atoms. The highest BCUT2D eigenvalue weighted by atomic mass is 127. The van der Waals surface area contributed by atoms with Crippen molar-refractivity contribution in [1.29, 1.82) is 0 Å². The number of fused-ring (bicyclic) bond motifs is 1. The lowest BCUT2D eigenvalue weighted by Crippen LogP contribution is -2.50. The van der Waals surface area contributed by atoms with Gasteiger partial charge in [0, 0.05) is 46.4 Å². The van der Waals surface area contributed by atoms with Gasteiger partial charge >= 0.3 is 0 Å². The average molecular weight is 502 g/mol. The summed E-state index contributed by atoms with van der Waals surface area (Å²) in [6, 6.07) is 11.1. The summed E-state index contributed by atoms with van der Waals surface area (Å²) < 4.78 is 11.7. The number of benzene rings is 1. The molecule has 158 valence electrons. The van der Waals surface area contributed by atoms with Gasteiger partial charge in [-0.25, -0.2) is 0 Å². The topological polar surface area (TPSA) is 49.3 Å². The van der Waals surface area contributed by atoms with E-state index in [1.165, 1.54) is 12.0 Å². The quantitative estimate of drug-likeness (QED) is 0.257. The van der Waals surface area contributed by atoms with E-state index < -0.39 is 0 Å². The molecule has 0 radical (unpaired) electrons. The number of rotatable bonds is 8. The first kappa shape index (κ1) is 23.4. The summed E-state index contributed by atoms with van der Waals surface area (Å²) in [6.07, 6.45) is 2.55. The van der Waals surface area contributed by atoms with E-state index in [1.807, 2.05) is 7.05 Å². The van der Waals surface area contributed by atoms with Crippen molar-refractivity contribution in [3.05, 3.63) is 35.9 Å². The summed E-state index contributed by atoms with van der Waals surface area (Å²) in [4.78, 5) is 9.36. The van der Waals surface area contributed by atoms with Crippen molar-refractivity contribution in [1.82, 2.24) is 15.1 Å². The Kier molecular flexibility index (Phi) is 10.5. The van der Waals surface area contributed by atoms with E-state index in [1.54, 1.807) is 0 Å². The van der Waals surface area contributed by atoms with Crippen molar-refractivity contribution >= 4 is 29.9 Å². The molecule has 0 spiro atoms. The largest absolute Gasteiger partial charge is 0.380 e. The number of ether oxygens (including phenoxy) is 2. The summed E-state index contributed by atoms with van der Waals surface area (Å²) in [5.41, 5.74) is 1.36. The Morgan fingerprint density at radius 2 is 2.07 bits per heavy atom. The lowest BCUT2D eigenvalue weighted by atomic mass is 10.1. The maximum absolute atomic E-state index is 6.07. The number of morpholine rings is 1. The molecule has 7 heteroatoms. The van der Waals surface area contributed by atoms with Crippen LogP contribution in [0.3, 0.4) is 0 Å². The van der Waals surface area contributed by atoms with Gasteiger partial charge in [-0.05, 0) is 12.0 Å². The third-order valence-electron chi connectivity index (χ3n) is 5.33. The number of hydrogen-bond donors (Lipinski definition) is 1. The molecule has 2 saturated heterocycles. The zero-order chi connectivity index (χ0) is 18.9. The van der Waals surface area contributed by atoms with Crippen LogP contribution in [0.2, 0.25) is 0 Å². The molecule has 2 fully saturated rings. The minimum absolute atomic E-state index is 0. The van der Waals surface area contributed by atoms with Crippen molar-refractivity contribution in [3.63, 3.8) is 0 Å². The molecule has 1 aromatic rings. The van der Waals surface area contributed by atoms with Crippen molar-refractivity contribution in [2.45, 2.75) is 38.5 Å². The predicted octanol–water partition coefficient (Wildman–Crippen LogP) is 2.58. The van der Waals surface area contributed by atoms with E-state index in [-0.39, 0.29) is 30.1 Å². The highest BCUT2D eigenvalue weighted by molar-refractivity contribution is 14.0. The molecule has 0 amide bonds. The normalized spacial score (nSPS) is 22.6. The zero-order valence-electron chi connectivity index (χ0n) is 17.2. The lowest BCUT2D eigenvalue weighted by molar-refractivity contribution is -0.0502. The lowest BCUT2D eigenvalue weighted by Gasteiger charge is -2.36. The molecule has 2 aliphatic rings. The molecule has 2 heterocycles. The van der Waals surface area contributed by atoms with Crippen LogP contribution in [0.4, 0.5) is 0 Å². The molecule has 6 nitrogen and oxygen atoms in total. The van der Waals surface area contributed by atoms with Crippen LogP contribution >= 0.6 is 24.0 Å². The fourth-order valence-electron chi connectivity index (χ4n) is 3.86. The second-order valence-electron chi connectivity index (χ2n) is 7.28. The maximum Gasteiger partial charge on any atom is 0.193 e. The number of nitrogens with zero attached hydrogens (tertiary/aromatic N) is 3. The molecule has 0 aliphatic carbocycles. The van der Waals surface area contributed by atoms with Crippen molar-refractivity contribution < 1.29 is 9.47 Å². The van der Waals surface area contributed by atoms with Gasteiger partial charge in [-0.2, -0.15) is 0 Å². The second kappa shape index (κ2) is 12.6. The molecule has 2 unspecified atom stereocenters. The van der Waals surface area contributed by atoms with E-state index in [4.69, 9.17) is 9.47 Å². The van der Waals surface area contributed by atoms with Gasteiger partial charge in [0.1, 0.15) is 0 Å². The van der Waals surface area contributed by atoms with Gasteiger partial charge in [-0.15, -0.1) is 24.0 Å². The number of likely N-dealkylation sites (tertiary alicyclic amines) is 1. The van der Waals surface area contributed by atoms with E-state index in [9.17, 15) is 0 Å². The standard InChI is InChI=1S/C21H34N4O2.HI/c1-3-4-12-26-13-10-23-21(22-2)25-16-19-20(17-25)27-14-11-24(19)15-18-8-6-5-7-9-18;/h5-9,19-20H,3-4,10-17H2,1-2H3,(H,22,23);1H. The summed E-state index contributed by atoms with van der Waals surface area (Å²) >= 11 is 0. The van der Waals surface area contributed by atoms with Crippen LogP contribution in [0.1, 0.15) is 25.3 Å². The summed E-state index contributed by atoms with van der Waals surface area (Å²) in [6.45, 7) is 9.15. The molecule has 2 aliphatic heterocycles. The second-order valence-corrected chi connectivity index (χ2v) is 7.28. The van der Waals surface area contributed by atoms with E-state index in [0.29, 0.717) is 6.04 Å². The molecule has 0 aromatic heterocycles. The fraction of sp³-hybridized carbons (Fsp3) is 0.667. The maximum atomic E-state index is 6.07. The number of aliphatic imine (C=N–C) groups is 1. The van der Waals surface area contributed by atoms with Crippen LogP contribution in [0, 0.1) is 0 Å². The first-order chi connectivity index (χ1) is 13.3. The minimum Gasteiger partial charge on any atom is -0.380 e. The van der Waals surface area contributed by atoms with Crippen molar-refractivity contribution in [2.24, 2.45) is 4.99 Å². The van der Waals surface area contributed by atoms with Gasteiger partial charge in [-0.1, -0.05) is 43.7 Å². The average Bonchev–Trinajstić information content (AvgIpc) is 3.13. The third kappa shape index (κ3) is 6.57. The molecule has 1 N–H and O–H groups in total. The molecule has 0 bridgehead atoms. The van der Waals surface area contributed by atoms with Crippen LogP contribution in [-0.2, 0) is 16.0 Å². The Balaban J connectivity index is 0.00000280. The summed E-state index contributed by atoms with van der Waals surface area (Å²) in [7, 11) is 1.85. The number of hydrogen-bond acceptors (Lipinski definition) is 4. The third-order valence-corrected chi connectivity index (χ3v) is 5.33. The Hall–Kier alpha value is -0.900. The smallest absolute Gasteiger partial charge is 0.193 e. The molecular weight excluding hydrogens is 467 g/mol. The van der Waals surface area contributed by atoms with Crippen LogP contribution in [-0.4, -0.2) is 81.0 Å². The summed E-state index contributed by atoms with van der Waals surface area (Å²) in [5, 5.41) is 3.44. The summed E-state index contributed by atoms with van der Waals surface area (Å²) in [5.74, 6) is 0.951. The first-order valence-corrected chi connectivity index (χ1v) is 10.2. The van der Waals surface area contributed by atoms with Gasteiger partial charge < -0.3 is 19.7 Å². The Bertz CT molecular complexity index is 587. The SMILES string of the molecule is CCCCOCCNC(=NC)N1CC2OCCN(Cc3ccccc3)C2C1.I. The highest BCUT2D eigenvalue weighted by Crippen LogP contribution is 2.24. The van der Waals surface area contributed by atoms with Gasteiger partial charge in [-0.3, -0.25) is 9.89 Å². The van der Waals surface area contributed by atoms with Crippen LogP contribution in [0.15, 0.2) is 35.3 Å². The van der Waals surface area contributed by atoms with Gasteiger partial charge in [0.25, 0.3) is 0 Å². The van der Waals surface area contributed by atoms with Gasteiger partial charge in [0.15, 0.2) is 5.96 Å². The number of unbranched alkanes of at least 4 members (excludes halogenated alkanes) is 1. The van der Waals surface area contributed by atoms with Gasteiger partial charge in [0.05, 0.1) is 25.4 Å². The molecular formula is C21H35IN4O2. The molecule has 0 saturated carbocycles. The van der Waals surface area contributed by atoms with Gasteiger partial charge in [0.2, 0.25) is 0 Å². The van der Waals surface area contributed by atoms with E-state index >= 15 is 0 Å². The minimum atomic E-state index is 0. The van der Waals surface area contributed by atoms with Crippen molar-refractivity contribution in [3.8, 4) is 0 Å².